The number of carbonyl (C=O) groups excluding carboxylic acids is 3. The van der Waals surface area contributed by atoms with Gasteiger partial charge in [-0.15, -0.1) is 0 Å². The van der Waals surface area contributed by atoms with E-state index < -0.39 is 11.9 Å². The number of allylic oxidation sites excluding steroid dienone is 1. The van der Waals surface area contributed by atoms with Crippen molar-refractivity contribution in [2.24, 2.45) is 5.92 Å². The van der Waals surface area contributed by atoms with Crippen LogP contribution in [-0.4, -0.2) is 35.9 Å². The second kappa shape index (κ2) is 9.26. The van der Waals surface area contributed by atoms with Crippen LogP contribution in [0.4, 0.5) is 0 Å². The van der Waals surface area contributed by atoms with Gasteiger partial charge in [0.15, 0.2) is 0 Å². The Morgan fingerprint density at radius 3 is 2.86 bits per heavy atom. The summed E-state index contributed by atoms with van der Waals surface area (Å²) >= 11 is 3.44. The van der Waals surface area contributed by atoms with Crippen molar-refractivity contribution in [1.29, 1.82) is 0 Å². The molecule has 1 aromatic heterocycles. The van der Waals surface area contributed by atoms with E-state index in [0.29, 0.717) is 25.1 Å². The van der Waals surface area contributed by atoms with E-state index in [4.69, 9.17) is 4.74 Å². The van der Waals surface area contributed by atoms with Crippen molar-refractivity contribution in [3.8, 4) is 0 Å². The number of aromatic nitrogens is 1. The average Bonchev–Trinajstić information content (AvgIpc) is 3.24. The number of aromatic amines is 1. The van der Waals surface area contributed by atoms with Gasteiger partial charge >= 0.3 is 5.97 Å². The van der Waals surface area contributed by atoms with E-state index in [9.17, 15) is 14.4 Å². The fraction of sp³-hybridized carbons (Fsp3) is 0.381. The molecule has 2 heterocycles. The Kier molecular flexibility index (Phi) is 6.74. The predicted molar refractivity (Wildman–Crippen MR) is 113 cm³/mol. The highest BCUT2D eigenvalue weighted by Crippen LogP contribution is 2.25. The Balaban J connectivity index is 1.77. The third kappa shape index (κ3) is 4.87. The van der Waals surface area contributed by atoms with Gasteiger partial charge in [0, 0.05) is 27.8 Å². The van der Waals surface area contributed by atoms with Crippen molar-refractivity contribution < 1.29 is 19.1 Å². The molecule has 0 radical (unpaired) electrons. The lowest BCUT2D eigenvalue weighted by atomic mass is 10.0. The van der Waals surface area contributed by atoms with Crippen LogP contribution >= 0.6 is 15.9 Å². The quantitative estimate of drug-likeness (QED) is 0.434. The summed E-state index contributed by atoms with van der Waals surface area (Å²) in [6.45, 7) is 4.45. The van der Waals surface area contributed by atoms with Crippen LogP contribution < -0.4 is 10.6 Å². The molecule has 0 saturated carbocycles. The van der Waals surface area contributed by atoms with Gasteiger partial charge in [0.1, 0.15) is 11.4 Å². The Labute approximate surface area is 177 Å². The number of benzene rings is 1. The number of nitrogens with one attached hydrogen (secondary N) is 3. The zero-order valence-corrected chi connectivity index (χ0v) is 18.0. The maximum Gasteiger partial charge on any atom is 0.354 e. The van der Waals surface area contributed by atoms with Crippen molar-refractivity contribution >= 4 is 44.6 Å². The fourth-order valence-corrected chi connectivity index (χ4v) is 3.82. The molecule has 1 aliphatic heterocycles. The third-order valence-corrected chi connectivity index (χ3v) is 5.51. The van der Waals surface area contributed by atoms with E-state index in [2.05, 4.69) is 31.5 Å². The molecule has 2 amide bonds. The van der Waals surface area contributed by atoms with E-state index in [1.807, 2.05) is 25.1 Å². The van der Waals surface area contributed by atoms with Crippen LogP contribution in [0.1, 0.15) is 42.2 Å². The third-order valence-electron chi connectivity index (χ3n) is 5.02. The van der Waals surface area contributed by atoms with Crippen molar-refractivity contribution in [2.75, 3.05) is 13.2 Å². The van der Waals surface area contributed by atoms with Crippen LogP contribution in [0.5, 0.6) is 0 Å². The smallest absolute Gasteiger partial charge is 0.354 e. The SMILES string of the molecule is CCOC(=O)C(=CCC[C@H]1CCNC1=O)NC(=O)c1[nH]c2ccc(Br)cc2c1C. The topological polar surface area (TPSA) is 100 Å². The van der Waals surface area contributed by atoms with Crippen molar-refractivity contribution in [3.05, 3.63) is 45.7 Å². The number of esters is 1. The molecule has 1 saturated heterocycles. The minimum Gasteiger partial charge on any atom is -0.461 e. The molecule has 0 bridgehead atoms. The molecular weight excluding hydrogens is 438 g/mol. The van der Waals surface area contributed by atoms with Gasteiger partial charge in [-0.25, -0.2) is 4.79 Å². The van der Waals surface area contributed by atoms with E-state index in [1.54, 1.807) is 13.0 Å². The number of hydrogen-bond acceptors (Lipinski definition) is 4. The number of amides is 2. The number of hydrogen-bond donors (Lipinski definition) is 3. The number of carbonyl (C=O) groups is 3. The first-order valence-corrected chi connectivity index (χ1v) is 10.4. The maximum absolute atomic E-state index is 12.8. The average molecular weight is 462 g/mol. The van der Waals surface area contributed by atoms with E-state index in [0.717, 1.165) is 27.4 Å². The van der Waals surface area contributed by atoms with Gasteiger partial charge in [-0.2, -0.15) is 0 Å². The lowest BCUT2D eigenvalue weighted by Gasteiger charge is -2.10. The standard InChI is InChI=1S/C21H24BrN3O4/c1-3-29-21(28)17(6-4-5-13-9-10-23-19(13)26)25-20(27)18-12(2)15-11-14(22)7-8-16(15)24-18/h6-8,11,13,24H,3-5,9-10H2,1-2H3,(H,23,26)(H,25,27)/t13-/m0/s1. The van der Waals surface area contributed by atoms with Gasteiger partial charge in [-0.3, -0.25) is 9.59 Å². The fourth-order valence-electron chi connectivity index (χ4n) is 3.45. The highest BCUT2D eigenvalue weighted by molar-refractivity contribution is 9.10. The van der Waals surface area contributed by atoms with Gasteiger partial charge in [0.2, 0.25) is 5.91 Å². The predicted octanol–water partition coefficient (Wildman–Crippen LogP) is 3.33. The van der Waals surface area contributed by atoms with Gasteiger partial charge in [0.25, 0.3) is 5.91 Å². The van der Waals surface area contributed by atoms with E-state index in [-0.39, 0.29) is 24.1 Å². The van der Waals surface area contributed by atoms with Crippen LogP contribution in [-0.2, 0) is 14.3 Å². The van der Waals surface area contributed by atoms with Gasteiger partial charge in [0.05, 0.1) is 6.61 Å². The molecule has 2 aromatic rings. The van der Waals surface area contributed by atoms with Crippen LogP contribution in [0, 0.1) is 12.8 Å². The number of ether oxygens (including phenoxy) is 1. The van der Waals surface area contributed by atoms with Crippen LogP contribution in [0.25, 0.3) is 10.9 Å². The summed E-state index contributed by atoms with van der Waals surface area (Å²) in [5.74, 6) is -1.01. The Bertz CT molecular complexity index is 980. The number of halogens is 1. The molecule has 0 unspecified atom stereocenters. The van der Waals surface area contributed by atoms with Gasteiger partial charge in [-0.1, -0.05) is 22.0 Å². The molecule has 1 aromatic carbocycles. The first-order valence-electron chi connectivity index (χ1n) is 9.64. The van der Waals surface area contributed by atoms with Crippen molar-refractivity contribution in [3.63, 3.8) is 0 Å². The first kappa shape index (κ1) is 21.1. The molecule has 29 heavy (non-hydrogen) atoms. The molecular formula is C21H24BrN3O4. The zero-order valence-electron chi connectivity index (χ0n) is 16.4. The monoisotopic (exact) mass is 461 g/mol. The summed E-state index contributed by atoms with van der Waals surface area (Å²) in [6.07, 6.45) is 3.53. The van der Waals surface area contributed by atoms with Crippen LogP contribution in [0.2, 0.25) is 0 Å². The van der Waals surface area contributed by atoms with Crippen molar-refractivity contribution in [1.82, 2.24) is 15.6 Å². The summed E-state index contributed by atoms with van der Waals surface area (Å²) < 4.78 is 5.99. The van der Waals surface area contributed by atoms with Gasteiger partial charge in [-0.05, 0) is 56.9 Å². The molecule has 3 N–H and O–H groups in total. The summed E-state index contributed by atoms with van der Waals surface area (Å²) in [6, 6.07) is 5.72. The summed E-state index contributed by atoms with van der Waals surface area (Å²) in [5, 5.41) is 6.40. The number of H-pyrrole nitrogens is 1. The minimum atomic E-state index is -0.590. The number of aryl methyl sites for hydroxylation is 1. The molecule has 1 fully saturated rings. The summed E-state index contributed by atoms with van der Waals surface area (Å²) in [7, 11) is 0. The summed E-state index contributed by atoms with van der Waals surface area (Å²) in [5.41, 5.74) is 2.12. The van der Waals surface area contributed by atoms with Crippen molar-refractivity contribution in [2.45, 2.75) is 33.1 Å². The Morgan fingerprint density at radius 2 is 2.17 bits per heavy atom. The molecule has 1 atom stereocenters. The maximum atomic E-state index is 12.8. The molecule has 8 heteroatoms. The lowest BCUT2D eigenvalue weighted by molar-refractivity contribution is -0.138. The van der Waals surface area contributed by atoms with Crippen LogP contribution in [0.3, 0.4) is 0 Å². The van der Waals surface area contributed by atoms with Crippen LogP contribution in [0.15, 0.2) is 34.4 Å². The van der Waals surface area contributed by atoms with Gasteiger partial charge < -0.3 is 20.4 Å². The normalized spacial score (nSPS) is 16.7. The second-order valence-corrected chi connectivity index (χ2v) is 7.88. The highest BCUT2D eigenvalue weighted by atomic mass is 79.9. The Morgan fingerprint density at radius 1 is 1.38 bits per heavy atom. The van der Waals surface area contributed by atoms with E-state index in [1.165, 1.54) is 0 Å². The number of rotatable bonds is 7. The molecule has 7 nitrogen and oxygen atoms in total. The first-order chi connectivity index (χ1) is 13.9. The summed E-state index contributed by atoms with van der Waals surface area (Å²) in [4.78, 5) is 39.9. The minimum absolute atomic E-state index is 0.0416. The molecule has 154 valence electrons. The van der Waals surface area contributed by atoms with E-state index >= 15 is 0 Å². The largest absolute Gasteiger partial charge is 0.461 e. The zero-order chi connectivity index (χ0) is 21.0. The number of fused-ring (bicyclic) bond motifs is 1. The molecule has 3 rings (SSSR count). The molecule has 0 spiro atoms. The highest BCUT2D eigenvalue weighted by Gasteiger charge is 2.24. The molecule has 0 aliphatic carbocycles. The second-order valence-electron chi connectivity index (χ2n) is 6.96. The Hall–Kier alpha value is -2.61. The lowest BCUT2D eigenvalue weighted by Crippen LogP contribution is -2.29. The molecule has 1 aliphatic rings.